The molecule has 1 atom stereocenters. The van der Waals surface area contributed by atoms with E-state index < -0.39 is 18.0 Å². The lowest BCUT2D eigenvalue weighted by Crippen LogP contribution is -2.30. The molecule has 0 spiro atoms. The number of nitrogens with one attached hydrogen (secondary N) is 1. The highest BCUT2D eigenvalue weighted by atomic mass is 32.1. The minimum absolute atomic E-state index is 0.154. The van der Waals surface area contributed by atoms with Crippen molar-refractivity contribution in [3.63, 3.8) is 0 Å². The summed E-state index contributed by atoms with van der Waals surface area (Å²) in [6.07, 6.45) is -0.965. The van der Waals surface area contributed by atoms with Gasteiger partial charge >= 0.3 is 5.97 Å². The maximum absolute atomic E-state index is 12.1. The molecule has 0 aliphatic rings. The van der Waals surface area contributed by atoms with Gasteiger partial charge in [0.25, 0.3) is 5.91 Å². The molecule has 1 N–H and O–H groups in total. The summed E-state index contributed by atoms with van der Waals surface area (Å²) in [5.41, 5.74) is 1.22. The molecular formula is C16H15NO4S. The second-order valence-electron chi connectivity index (χ2n) is 4.65. The minimum Gasteiger partial charge on any atom is -0.449 e. The molecule has 5 nitrogen and oxygen atoms in total. The van der Waals surface area contributed by atoms with Gasteiger partial charge in [0.1, 0.15) is 0 Å². The van der Waals surface area contributed by atoms with Gasteiger partial charge in [-0.1, -0.05) is 12.1 Å². The number of hydrogen-bond acceptors (Lipinski definition) is 5. The van der Waals surface area contributed by atoms with Gasteiger partial charge in [-0.2, -0.15) is 11.3 Å². The number of hydrogen-bond donors (Lipinski definition) is 1. The number of amides is 1. The molecule has 0 saturated carbocycles. The molecular weight excluding hydrogens is 302 g/mol. The first-order valence-electron chi connectivity index (χ1n) is 6.63. The molecule has 114 valence electrons. The Morgan fingerprint density at radius 1 is 1.18 bits per heavy atom. The van der Waals surface area contributed by atoms with Crippen molar-refractivity contribution < 1.29 is 19.1 Å². The molecule has 0 bridgehead atoms. The van der Waals surface area contributed by atoms with E-state index in [0.717, 1.165) is 0 Å². The maximum Gasteiger partial charge on any atom is 0.339 e. The standard InChI is InChI=1S/C16H15NO4S/c1-10(18)13-5-3-4-6-14(13)17-15(19)11(2)21-16(20)12-7-8-22-9-12/h3-9,11H,1-2H3,(H,17,19). The third-order valence-electron chi connectivity index (χ3n) is 2.97. The Kier molecular flexibility index (Phi) is 5.06. The van der Waals surface area contributed by atoms with E-state index in [2.05, 4.69) is 5.32 Å². The molecule has 0 radical (unpaired) electrons. The first kappa shape index (κ1) is 15.9. The third kappa shape index (κ3) is 3.79. The summed E-state index contributed by atoms with van der Waals surface area (Å²) in [5.74, 6) is -1.19. The summed E-state index contributed by atoms with van der Waals surface area (Å²) in [4.78, 5) is 35.4. The largest absolute Gasteiger partial charge is 0.449 e. The minimum atomic E-state index is -0.965. The molecule has 1 aromatic heterocycles. The van der Waals surface area contributed by atoms with Crippen LogP contribution < -0.4 is 5.32 Å². The number of thiophene rings is 1. The van der Waals surface area contributed by atoms with Crippen LogP contribution in [-0.4, -0.2) is 23.8 Å². The van der Waals surface area contributed by atoms with E-state index in [4.69, 9.17) is 4.74 Å². The van der Waals surface area contributed by atoms with Crippen LogP contribution in [0.25, 0.3) is 0 Å². The number of para-hydroxylation sites is 1. The molecule has 6 heteroatoms. The smallest absolute Gasteiger partial charge is 0.339 e. The highest BCUT2D eigenvalue weighted by molar-refractivity contribution is 7.08. The van der Waals surface area contributed by atoms with Crippen LogP contribution in [0, 0.1) is 0 Å². The van der Waals surface area contributed by atoms with Crippen LogP contribution in [0.2, 0.25) is 0 Å². The Morgan fingerprint density at radius 2 is 1.91 bits per heavy atom. The summed E-state index contributed by atoms with van der Waals surface area (Å²) in [5, 5.41) is 6.01. The van der Waals surface area contributed by atoms with Gasteiger partial charge in [0.15, 0.2) is 11.9 Å². The SMILES string of the molecule is CC(=O)c1ccccc1NC(=O)C(C)OC(=O)c1ccsc1. The number of esters is 1. The van der Waals surface area contributed by atoms with Gasteiger partial charge in [-0.15, -0.1) is 0 Å². The highest BCUT2D eigenvalue weighted by Crippen LogP contribution is 2.16. The predicted molar refractivity (Wildman–Crippen MR) is 84.3 cm³/mol. The van der Waals surface area contributed by atoms with Crippen LogP contribution in [0.3, 0.4) is 0 Å². The average Bonchev–Trinajstić information content (AvgIpc) is 3.01. The van der Waals surface area contributed by atoms with Crippen LogP contribution in [0.5, 0.6) is 0 Å². The molecule has 0 aliphatic carbocycles. The molecule has 0 aliphatic heterocycles. The molecule has 1 heterocycles. The number of carbonyl (C=O) groups excluding carboxylic acids is 3. The van der Waals surface area contributed by atoms with Crippen molar-refractivity contribution >= 4 is 34.7 Å². The van der Waals surface area contributed by atoms with Crippen molar-refractivity contribution in [1.82, 2.24) is 0 Å². The van der Waals surface area contributed by atoms with Crippen molar-refractivity contribution in [3.8, 4) is 0 Å². The van der Waals surface area contributed by atoms with Gasteiger partial charge in [0.05, 0.1) is 11.3 Å². The lowest BCUT2D eigenvalue weighted by Gasteiger charge is -2.14. The topological polar surface area (TPSA) is 72.5 Å². The Labute approximate surface area is 131 Å². The zero-order valence-electron chi connectivity index (χ0n) is 12.2. The van der Waals surface area contributed by atoms with Crippen molar-refractivity contribution in [1.29, 1.82) is 0 Å². The summed E-state index contributed by atoms with van der Waals surface area (Å²) >= 11 is 1.37. The predicted octanol–water partition coefficient (Wildman–Crippen LogP) is 3.13. The number of ketones is 1. The Bertz CT molecular complexity index is 694. The van der Waals surface area contributed by atoms with Gasteiger partial charge in [0, 0.05) is 10.9 Å². The summed E-state index contributed by atoms with van der Waals surface area (Å²) in [6, 6.07) is 8.31. The fourth-order valence-corrected chi connectivity index (χ4v) is 2.42. The quantitative estimate of drug-likeness (QED) is 0.679. The Hall–Kier alpha value is -2.47. The number of anilines is 1. The van der Waals surface area contributed by atoms with Crippen LogP contribution in [0.15, 0.2) is 41.1 Å². The number of ether oxygens (including phenoxy) is 1. The van der Waals surface area contributed by atoms with E-state index in [1.54, 1.807) is 41.1 Å². The number of Topliss-reactive ketones (excluding diaryl/α,β-unsaturated/α-hetero) is 1. The molecule has 1 aromatic carbocycles. The van der Waals surface area contributed by atoms with Gasteiger partial charge < -0.3 is 10.1 Å². The summed E-state index contributed by atoms with van der Waals surface area (Å²) in [6.45, 7) is 2.90. The fourth-order valence-electron chi connectivity index (χ4n) is 1.80. The molecule has 1 amide bonds. The average molecular weight is 317 g/mol. The number of benzene rings is 1. The van der Waals surface area contributed by atoms with E-state index in [1.807, 2.05) is 0 Å². The molecule has 1 unspecified atom stereocenters. The lowest BCUT2D eigenvalue weighted by molar-refractivity contribution is -0.123. The molecule has 2 aromatic rings. The second kappa shape index (κ2) is 7.00. The zero-order valence-corrected chi connectivity index (χ0v) is 13.0. The van der Waals surface area contributed by atoms with Gasteiger partial charge in [-0.25, -0.2) is 4.79 Å². The number of carbonyl (C=O) groups is 3. The summed E-state index contributed by atoms with van der Waals surface area (Å²) < 4.78 is 5.10. The van der Waals surface area contributed by atoms with Gasteiger partial charge in [-0.3, -0.25) is 9.59 Å². The Balaban J connectivity index is 2.03. The lowest BCUT2D eigenvalue weighted by atomic mass is 10.1. The molecule has 22 heavy (non-hydrogen) atoms. The van der Waals surface area contributed by atoms with Crippen LogP contribution >= 0.6 is 11.3 Å². The highest BCUT2D eigenvalue weighted by Gasteiger charge is 2.20. The van der Waals surface area contributed by atoms with Gasteiger partial charge in [-0.05, 0) is 37.4 Å². The van der Waals surface area contributed by atoms with Crippen LogP contribution in [0.4, 0.5) is 5.69 Å². The fraction of sp³-hybridized carbons (Fsp3) is 0.188. The first-order valence-corrected chi connectivity index (χ1v) is 7.57. The Morgan fingerprint density at radius 3 is 2.55 bits per heavy atom. The maximum atomic E-state index is 12.1. The van der Waals surface area contributed by atoms with E-state index >= 15 is 0 Å². The first-order chi connectivity index (χ1) is 10.5. The number of rotatable bonds is 5. The van der Waals surface area contributed by atoms with Crippen molar-refractivity contribution in [3.05, 3.63) is 52.2 Å². The van der Waals surface area contributed by atoms with E-state index in [9.17, 15) is 14.4 Å². The third-order valence-corrected chi connectivity index (χ3v) is 3.66. The van der Waals surface area contributed by atoms with E-state index in [0.29, 0.717) is 16.8 Å². The molecule has 0 fully saturated rings. The van der Waals surface area contributed by atoms with Crippen molar-refractivity contribution in [2.45, 2.75) is 20.0 Å². The zero-order chi connectivity index (χ0) is 16.1. The van der Waals surface area contributed by atoms with Crippen molar-refractivity contribution in [2.24, 2.45) is 0 Å². The molecule has 0 saturated heterocycles. The summed E-state index contributed by atoms with van der Waals surface area (Å²) in [7, 11) is 0. The van der Waals surface area contributed by atoms with Crippen molar-refractivity contribution in [2.75, 3.05) is 5.32 Å². The van der Waals surface area contributed by atoms with E-state index in [1.165, 1.54) is 25.2 Å². The van der Waals surface area contributed by atoms with Gasteiger partial charge in [0.2, 0.25) is 0 Å². The monoisotopic (exact) mass is 317 g/mol. The van der Waals surface area contributed by atoms with Crippen LogP contribution in [0.1, 0.15) is 34.6 Å². The van der Waals surface area contributed by atoms with Crippen LogP contribution in [-0.2, 0) is 9.53 Å². The molecule has 2 rings (SSSR count). The van der Waals surface area contributed by atoms with E-state index in [-0.39, 0.29) is 5.78 Å². The second-order valence-corrected chi connectivity index (χ2v) is 5.43. The normalized spacial score (nSPS) is 11.5.